The Labute approximate surface area is 149 Å². The molecule has 0 spiro atoms. The first-order chi connectivity index (χ1) is 12.3. The molecule has 0 saturated carbocycles. The van der Waals surface area contributed by atoms with Crippen molar-refractivity contribution in [2.24, 2.45) is 0 Å². The molecule has 0 aliphatic heterocycles. The molecule has 7 heteroatoms. The first-order valence-corrected chi connectivity index (χ1v) is 8.13. The summed E-state index contributed by atoms with van der Waals surface area (Å²) in [7, 11) is 0. The maximum atomic E-state index is 13.2. The van der Waals surface area contributed by atoms with Crippen molar-refractivity contribution in [1.29, 1.82) is 0 Å². The predicted octanol–water partition coefficient (Wildman–Crippen LogP) is 4.58. The molecule has 140 valence electrons. The van der Waals surface area contributed by atoms with Gasteiger partial charge < -0.3 is 10.1 Å². The van der Waals surface area contributed by atoms with Gasteiger partial charge in [-0.15, -0.1) is 0 Å². The van der Waals surface area contributed by atoms with Crippen molar-refractivity contribution in [1.82, 2.24) is 5.32 Å². The van der Waals surface area contributed by atoms with E-state index >= 15 is 0 Å². The Bertz CT molecular complexity index is 712. The van der Waals surface area contributed by atoms with Crippen LogP contribution in [0, 0.1) is 5.82 Å². The van der Waals surface area contributed by atoms with E-state index in [1.165, 1.54) is 0 Å². The molecule has 2 rings (SSSR count). The summed E-state index contributed by atoms with van der Waals surface area (Å²) in [5, 5.41) is 1.98. The standard InChI is InChI=1S/C19H19F4NO2/c1-2-26-16-10-3-13(4-11-16)5-12-17(25)24-18(19(21,22)23)14-6-8-15(20)9-7-14/h3-4,6-11,18H,2,5,12H2,1H3,(H,24,25). The fourth-order valence-electron chi connectivity index (χ4n) is 2.42. The van der Waals surface area contributed by atoms with Gasteiger partial charge in [0, 0.05) is 6.42 Å². The SMILES string of the molecule is CCOc1ccc(CCC(=O)NC(c2ccc(F)cc2)C(F)(F)F)cc1. The summed E-state index contributed by atoms with van der Waals surface area (Å²) in [5.74, 6) is -0.684. The minimum atomic E-state index is -4.67. The summed E-state index contributed by atoms with van der Waals surface area (Å²) in [4.78, 5) is 12.0. The van der Waals surface area contributed by atoms with Crippen LogP contribution in [-0.4, -0.2) is 18.7 Å². The first kappa shape index (κ1) is 19.8. The van der Waals surface area contributed by atoms with Gasteiger partial charge in [-0.25, -0.2) is 4.39 Å². The van der Waals surface area contributed by atoms with Gasteiger partial charge in [-0.3, -0.25) is 4.79 Å². The highest BCUT2D eigenvalue weighted by molar-refractivity contribution is 5.76. The van der Waals surface area contributed by atoms with E-state index < -0.39 is 23.9 Å². The predicted molar refractivity (Wildman–Crippen MR) is 89.3 cm³/mol. The van der Waals surface area contributed by atoms with Crippen molar-refractivity contribution in [3.63, 3.8) is 0 Å². The zero-order valence-electron chi connectivity index (χ0n) is 14.1. The number of hydrogen-bond acceptors (Lipinski definition) is 2. The quantitative estimate of drug-likeness (QED) is 0.726. The van der Waals surface area contributed by atoms with Gasteiger partial charge in [0.15, 0.2) is 6.04 Å². The Hall–Kier alpha value is -2.57. The second-order valence-electron chi connectivity index (χ2n) is 5.67. The van der Waals surface area contributed by atoms with Crippen LogP contribution < -0.4 is 10.1 Å². The van der Waals surface area contributed by atoms with Crippen molar-refractivity contribution < 1.29 is 27.1 Å². The molecule has 0 heterocycles. The molecule has 3 nitrogen and oxygen atoms in total. The monoisotopic (exact) mass is 369 g/mol. The van der Waals surface area contributed by atoms with Crippen LogP contribution in [0.5, 0.6) is 5.75 Å². The topological polar surface area (TPSA) is 38.3 Å². The molecular formula is C19H19F4NO2. The fourth-order valence-corrected chi connectivity index (χ4v) is 2.42. The number of rotatable bonds is 7. The van der Waals surface area contributed by atoms with E-state index in [-0.39, 0.29) is 12.0 Å². The lowest BCUT2D eigenvalue weighted by molar-refractivity contribution is -0.163. The smallest absolute Gasteiger partial charge is 0.412 e. The van der Waals surface area contributed by atoms with E-state index in [0.29, 0.717) is 18.8 Å². The summed E-state index contributed by atoms with van der Waals surface area (Å²) >= 11 is 0. The molecule has 0 fully saturated rings. The van der Waals surface area contributed by atoms with Crippen LogP contribution in [-0.2, 0) is 11.2 Å². The van der Waals surface area contributed by atoms with Crippen LogP contribution in [0.1, 0.15) is 30.5 Å². The number of carbonyl (C=O) groups excluding carboxylic acids is 1. The number of carbonyl (C=O) groups is 1. The Morgan fingerprint density at radius 3 is 2.23 bits per heavy atom. The molecule has 2 aromatic carbocycles. The molecule has 1 N–H and O–H groups in total. The van der Waals surface area contributed by atoms with Crippen molar-refractivity contribution in [2.75, 3.05) is 6.61 Å². The lowest BCUT2D eigenvalue weighted by Crippen LogP contribution is -2.38. The lowest BCUT2D eigenvalue weighted by atomic mass is 10.1. The third-order valence-corrected chi connectivity index (χ3v) is 3.71. The van der Waals surface area contributed by atoms with Gasteiger partial charge in [0.25, 0.3) is 0 Å². The molecule has 0 aliphatic carbocycles. The molecule has 0 bridgehead atoms. The van der Waals surface area contributed by atoms with Gasteiger partial charge in [-0.1, -0.05) is 24.3 Å². The summed E-state index contributed by atoms with van der Waals surface area (Å²) in [6, 6.07) is 8.73. The number of benzene rings is 2. The van der Waals surface area contributed by atoms with Crippen LogP contribution in [0.3, 0.4) is 0 Å². The van der Waals surface area contributed by atoms with Gasteiger partial charge in [-0.05, 0) is 48.7 Å². The Kier molecular flexibility index (Phi) is 6.60. The van der Waals surface area contributed by atoms with Crippen molar-refractivity contribution in [3.8, 4) is 5.75 Å². The second kappa shape index (κ2) is 8.69. The minimum absolute atomic E-state index is 0.0955. The van der Waals surface area contributed by atoms with E-state index in [2.05, 4.69) is 0 Å². The Morgan fingerprint density at radius 1 is 1.08 bits per heavy atom. The van der Waals surface area contributed by atoms with Gasteiger partial charge in [0.1, 0.15) is 11.6 Å². The second-order valence-corrected chi connectivity index (χ2v) is 5.67. The van der Waals surface area contributed by atoms with E-state index in [0.717, 1.165) is 29.8 Å². The molecule has 2 aromatic rings. The highest BCUT2D eigenvalue weighted by Gasteiger charge is 2.41. The first-order valence-electron chi connectivity index (χ1n) is 8.13. The maximum Gasteiger partial charge on any atom is 0.412 e. The molecule has 0 radical (unpaired) electrons. The summed E-state index contributed by atoms with van der Waals surface area (Å²) in [6.45, 7) is 2.39. The summed E-state index contributed by atoms with van der Waals surface area (Å²) in [6.07, 6.45) is -4.47. The number of nitrogens with one attached hydrogen (secondary N) is 1. The number of hydrogen-bond donors (Lipinski definition) is 1. The number of amides is 1. The lowest BCUT2D eigenvalue weighted by Gasteiger charge is -2.22. The summed E-state index contributed by atoms with van der Waals surface area (Å²) < 4.78 is 57.9. The molecule has 1 amide bonds. The molecule has 0 aromatic heterocycles. The zero-order chi connectivity index (χ0) is 19.2. The van der Waals surface area contributed by atoms with E-state index in [4.69, 9.17) is 4.74 Å². The van der Waals surface area contributed by atoms with Gasteiger partial charge in [-0.2, -0.15) is 13.2 Å². The highest BCUT2D eigenvalue weighted by Crippen LogP contribution is 2.32. The van der Waals surface area contributed by atoms with E-state index in [9.17, 15) is 22.4 Å². The van der Waals surface area contributed by atoms with Crippen molar-refractivity contribution >= 4 is 5.91 Å². The molecule has 26 heavy (non-hydrogen) atoms. The summed E-state index contributed by atoms with van der Waals surface area (Å²) in [5.41, 5.74) is 0.599. The number of aryl methyl sites for hydroxylation is 1. The Balaban J connectivity index is 1.97. The minimum Gasteiger partial charge on any atom is -0.494 e. The Morgan fingerprint density at radius 2 is 1.69 bits per heavy atom. The van der Waals surface area contributed by atoms with E-state index in [1.807, 2.05) is 12.2 Å². The van der Waals surface area contributed by atoms with Crippen LogP contribution >= 0.6 is 0 Å². The van der Waals surface area contributed by atoms with Crippen LogP contribution in [0.2, 0.25) is 0 Å². The average molecular weight is 369 g/mol. The largest absolute Gasteiger partial charge is 0.494 e. The number of alkyl halides is 3. The molecule has 1 atom stereocenters. The molecular weight excluding hydrogens is 350 g/mol. The van der Waals surface area contributed by atoms with Crippen molar-refractivity contribution in [2.45, 2.75) is 32.0 Å². The number of ether oxygens (including phenoxy) is 1. The highest BCUT2D eigenvalue weighted by atomic mass is 19.4. The normalized spacial score (nSPS) is 12.5. The third kappa shape index (κ3) is 5.75. The van der Waals surface area contributed by atoms with Crippen molar-refractivity contribution in [3.05, 3.63) is 65.5 Å². The zero-order valence-corrected chi connectivity index (χ0v) is 14.1. The van der Waals surface area contributed by atoms with Crippen LogP contribution in [0.25, 0.3) is 0 Å². The van der Waals surface area contributed by atoms with Gasteiger partial charge in [0.2, 0.25) is 5.91 Å². The fraction of sp³-hybridized carbons (Fsp3) is 0.316. The average Bonchev–Trinajstić information content (AvgIpc) is 2.59. The van der Waals surface area contributed by atoms with Gasteiger partial charge in [0.05, 0.1) is 6.61 Å². The van der Waals surface area contributed by atoms with Crippen LogP contribution in [0.15, 0.2) is 48.5 Å². The van der Waals surface area contributed by atoms with E-state index in [1.54, 1.807) is 24.3 Å². The third-order valence-electron chi connectivity index (χ3n) is 3.71. The maximum absolute atomic E-state index is 13.2. The number of halogens is 4. The van der Waals surface area contributed by atoms with Gasteiger partial charge >= 0.3 is 6.18 Å². The van der Waals surface area contributed by atoms with Crippen LogP contribution in [0.4, 0.5) is 17.6 Å². The molecule has 1 unspecified atom stereocenters. The molecule has 0 aliphatic rings. The molecule has 0 saturated heterocycles.